The summed E-state index contributed by atoms with van der Waals surface area (Å²) in [6, 6.07) is 6.62. The summed E-state index contributed by atoms with van der Waals surface area (Å²) in [4.78, 5) is 27.1. The van der Waals surface area contributed by atoms with Crippen LogP contribution in [0.15, 0.2) is 35.3 Å². The maximum Gasteiger partial charge on any atom is 0.348 e. The van der Waals surface area contributed by atoms with Gasteiger partial charge in [-0.05, 0) is 24.3 Å². The second kappa shape index (κ2) is 4.93. The maximum absolute atomic E-state index is 12.3. The Bertz CT molecular complexity index is 675. The SMILES string of the molecule is COc1ccc(C(=O)c2cnc(=O)n(C)c2N)cc1. The molecular formula is C13H13N3O3. The molecule has 0 aliphatic carbocycles. The van der Waals surface area contributed by atoms with Crippen molar-refractivity contribution in [3.63, 3.8) is 0 Å². The number of nitrogens with zero attached hydrogens (tertiary/aromatic N) is 2. The molecule has 0 aliphatic heterocycles. The molecule has 0 radical (unpaired) electrons. The van der Waals surface area contributed by atoms with Gasteiger partial charge in [0.2, 0.25) is 0 Å². The van der Waals surface area contributed by atoms with Gasteiger partial charge in [0.25, 0.3) is 0 Å². The fraction of sp³-hybridized carbons (Fsp3) is 0.154. The highest BCUT2D eigenvalue weighted by molar-refractivity contribution is 6.11. The highest BCUT2D eigenvalue weighted by Gasteiger charge is 2.15. The lowest BCUT2D eigenvalue weighted by atomic mass is 10.1. The van der Waals surface area contributed by atoms with Gasteiger partial charge in [-0.2, -0.15) is 0 Å². The zero-order valence-corrected chi connectivity index (χ0v) is 10.6. The molecule has 1 aromatic carbocycles. The second-order valence-corrected chi connectivity index (χ2v) is 3.96. The summed E-state index contributed by atoms with van der Waals surface area (Å²) in [5, 5.41) is 0. The van der Waals surface area contributed by atoms with Gasteiger partial charge in [0.05, 0.1) is 12.7 Å². The van der Waals surface area contributed by atoms with Crippen molar-refractivity contribution in [1.29, 1.82) is 0 Å². The van der Waals surface area contributed by atoms with E-state index in [1.54, 1.807) is 31.4 Å². The van der Waals surface area contributed by atoms with Crippen molar-refractivity contribution in [3.05, 3.63) is 52.1 Å². The van der Waals surface area contributed by atoms with Gasteiger partial charge in [0.1, 0.15) is 11.6 Å². The zero-order valence-electron chi connectivity index (χ0n) is 10.6. The summed E-state index contributed by atoms with van der Waals surface area (Å²) in [5.41, 5.74) is 5.91. The normalized spacial score (nSPS) is 10.2. The first-order chi connectivity index (χ1) is 9.04. The number of methoxy groups -OCH3 is 1. The molecule has 6 heteroatoms. The Kier molecular flexibility index (Phi) is 3.33. The lowest BCUT2D eigenvalue weighted by Crippen LogP contribution is -2.25. The number of carbonyl (C=O) groups is 1. The Labute approximate surface area is 109 Å². The van der Waals surface area contributed by atoms with Crippen LogP contribution < -0.4 is 16.2 Å². The van der Waals surface area contributed by atoms with Gasteiger partial charge >= 0.3 is 5.69 Å². The minimum absolute atomic E-state index is 0.0980. The molecule has 19 heavy (non-hydrogen) atoms. The van der Waals surface area contributed by atoms with E-state index in [9.17, 15) is 9.59 Å². The fourth-order valence-corrected chi connectivity index (χ4v) is 1.63. The first-order valence-corrected chi connectivity index (χ1v) is 5.55. The third-order valence-corrected chi connectivity index (χ3v) is 2.83. The monoisotopic (exact) mass is 259 g/mol. The van der Waals surface area contributed by atoms with Crippen LogP contribution in [0.2, 0.25) is 0 Å². The lowest BCUT2D eigenvalue weighted by Gasteiger charge is -2.08. The van der Waals surface area contributed by atoms with Gasteiger partial charge in [0.15, 0.2) is 5.78 Å². The van der Waals surface area contributed by atoms with Crippen molar-refractivity contribution in [2.24, 2.45) is 7.05 Å². The third kappa shape index (κ3) is 2.33. The highest BCUT2D eigenvalue weighted by atomic mass is 16.5. The highest BCUT2D eigenvalue weighted by Crippen LogP contribution is 2.17. The van der Waals surface area contributed by atoms with Crippen molar-refractivity contribution in [2.75, 3.05) is 12.8 Å². The standard InChI is InChI=1S/C13H13N3O3/c1-16-12(14)10(7-15-13(16)18)11(17)8-3-5-9(19-2)6-4-8/h3-7H,14H2,1-2H3. The van der Waals surface area contributed by atoms with E-state index in [4.69, 9.17) is 10.5 Å². The van der Waals surface area contributed by atoms with Crippen LogP contribution in [-0.4, -0.2) is 22.4 Å². The molecule has 2 N–H and O–H groups in total. The van der Waals surface area contributed by atoms with Crippen LogP contribution in [0.5, 0.6) is 5.75 Å². The fourth-order valence-electron chi connectivity index (χ4n) is 1.63. The van der Waals surface area contributed by atoms with Crippen LogP contribution >= 0.6 is 0 Å². The quantitative estimate of drug-likeness (QED) is 0.816. The molecule has 0 saturated carbocycles. The Morgan fingerprint density at radius 3 is 2.53 bits per heavy atom. The van der Waals surface area contributed by atoms with Crippen molar-refractivity contribution >= 4 is 11.6 Å². The molecule has 0 amide bonds. The van der Waals surface area contributed by atoms with E-state index in [0.717, 1.165) is 4.57 Å². The summed E-state index contributed by atoms with van der Waals surface area (Å²) in [6.07, 6.45) is 1.20. The first kappa shape index (κ1) is 12.8. The summed E-state index contributed by atoms with van der Waals surface area (Å²) in [7, 11) is 3.02. The zero-order chi connectivity index (χ0) is 14.0. The maximum atomic E-state index is 12.3. The molecule has 1 aromatic heterocycles. The number of rotatable bonds is 3. The number of hydrogen-bond acceptors (Lipinski definition) is 5. The van der Waals surface area contributed by atoms with E-state index in [0.29, 0.717) is 11.3 Å². The predicted molar refractivity (Wildman–Crippen MR) is 70.3 cm³/mol. The van der Waals surface area contributed by atoms with Crippen LogP contribution in [0.1, 0.15) is 15.9 Å². The van der Waals surface area contributed by atoms with Crippen LogP contribution in [0.3, 0.4) is 0 Å². The molecule has 0 bridgehead atoms. The topological polar surface area (TPSA) is 87.2 Å². The molecule has 2 rings (SSSR count). The van der Waals surface area contributed by atoms with Crippen molar-refractivity contribution < 1.29 is 9.53 Å². The van der Waals surface area contributed by atoms with Crippen molar-refractivity contribution in [2.45, 2.75) is 0 Å². The number of anilines is 1. The minimum atomic E-state index is -0.496. The molecule has 1 heterocycles. The average molecular weight is 259 g/mol. The number of ether oxygens (including phenoxy) is 1. The average Bonchev–Trinajstić information content (AvgIpc) is 2.44. The van der Waals surface area contributed by atoms with Gasteiger partial charge in [-0.1, -0.05) is 0 Å². The van der Waals surface area contributed by atoms with E-state index in [2.05, 4.69) is 4.98 Å². The Hall–Kier alpha value is -2.63. The van der Waals surface area contributed by atoms with E-state index >= 15 is 0 Å². The third-order valence-electron chi connectivity index (χ3n) is 2.83. The van der Waals surface area contributed by atoms with E-state index in [1.807, 2.05) is 0 Å². The largest absolute Gasteiger partial charge is 0.497 e. The smallest absolute Gasteiger partial charge is 0.348 e. The minimum Gasteiger partial charge on any atom is -0.497 e. The second-order valence-electron chi connectivity index (χ2n) is 3.96. The van der Waals surface area contributed by atoms with Gasteiger partial charge in [0, 0.05) is 18.8 Å². The molecule has 0 spiro atoms. The predicted octanol–water partition coefficient (Wildman–Crippen LogP) is 0.602. The van der Waals surface area contributed by atoms with Gasteiger partial charge in [-0.15, -0.1) is 0 Å². The van der Waals surface area contributed by atoms with E-state index < -0.39 is 5.69 Å². The van der Waals surface area contributed by atoms with Crippen LogP contribution in [0.25, 0.3) is 0 Å². The number of aromatic nitrogens is 2. The first-order valence-electron chi connectivity index (χ1n) is 5.55. The van der Waals surface area contributed by atoms with Crippen LogP contribution in [-0.2, 0) is 7.05 Å². The van der Waals surface area contributed by atoms with Gasteiger partial charge in [-0.25, -0.2) is 9.78 Å². The number of hydrogen-bond donors (Lipinski definition) is 1. The Morgan fingerprint density at radius 2 is 1.95 bits per heavy atom. The molecule has 2 aromatic rings. The number of nitrogens with two attached hydrogens (primary N) is 1. The van der Waals surface area contributed by atoms with Gasteiger partial charge < -0.3 is 10.5 Å². The lowest BCUT2D eigenvalue weighted by molar-refractivity contribution is 0.103. The van der Waals surface area contributed by atoms with E-state index in [-0.39, 0.29) is 17.2 Å². The summed E-state index contributed by atoms with van der Waals surface area (Å²) >= 11 is 0. The number of nitrogen functional groups attached to an aromatic ring is 1. The number of carbonyl (C=O) groups excluding carboxylic acids is 1. The molecule has 0 aliphatic rings. The van der Waals surface area contributed by atoms with E-state index in [1.165, 1.54) is 13.2 Å². The molecule has 0 unspecified atom stereocenters. The molecule has 6 nitrogen and oxygen atoms in total. The Morgan fingerprint density at radius 1 is 1.32 bits per heavy atom. The molecule has 0 atom stereocenters. The molecule has 98 valence electrons. The summed E-state index contributed by atoms with van der Waals surface area (Å²) < 4.78 is 6.16. The molecule has 0 saturated heterocycles. The van der Waals surface area contributed by atoms with Crippen LogP contribution in [0, 0.1) is 0 Å². The van der Waals surface area contributed by atoms with Crippen LogP contribution in [0.4, 0.5) is 5.82 Å². The Balaban J connectivity index is 2.44. The number of ketones is 1. The number of benzene rings is 1. The van der Waals surface area contributed by atoms with Crippen molar-refractivity contribution in [3.8, 4) is 5.75 Å². The molecular weight excluding hydrogens is 246 g/mol. The van der Waals surface area contributed by atoms with Crippen molar-refractivity contribution in [1.82, 2.24) is 9.55 Å². The van der Waals surface area contributed by atoms with Gasteiger partial charge in [-0.3, -0.25) is 9.36 Å². The molecule has 0 fully saturated rings. The summed E-state index contributed by atoms with van der Waals surface area (Å²) in [5.74, 6) is 0.465. The summed E-state index contributed by atoms with van der Waals surface area (Å²) in [6.45, 7) is 0.